The van der Waals surface area contributed by atoms with Gasteiger partial charge in [0, 0.05) is 36.2 Å². The van der Waals surface area contributed by atoms with Gasteiger partial charge in [0.2, 0.25) is 0 Å². The first kappa shape index (κ1) is 21.7. The minimum absolute atomic E-state index is 0.0593. The highest BCUT2D eigenvalue weighted by Gasteiger charge is 2.32. The highest BCUT2D eigenvalue weighted by Crippen LogP contribution is 2.24. The first-order valence-electron chi connectivity index (χ1n) is 9.91. The summed E-state index contributed by atoms with van der Waals surface area (Å²) in [7, 11) is 1.52. The Bertz CT molecular complexity index is 989. The maximum absolute atomic E-state index is 12.6. The van der Waals surface area contributed by atoms with Crippen LogP contribution in [0.5, 0.6) is 5.75 Å². The van der Waals surface area contributed by atoms with Crippen molar-refractivity contribution >= 4 is 23.0 Å². The maximum Gasteiger partial charge on any atom is 0.410 e. The molecule has 1 aromatic heterocycles. The van der Waals surface area contributed by atoms with Crippen molar-refractivity contribution in [1.29, 1.82) is 0 Å². The van der Waals surface area contributed by atoms with Gasteiger partial charge in [-0.2, -0.15) is 0 Å². The number of methoxy groups -OCH3 is 1. The van der Waals surface area contributed by atoms with Crippen molar-refractivity contribution in [3.63, 3.8) is 0 Å². The Morgan fingerprint density at radius 2 is 2.00 bits per heavy atom. The van der Waals surface area contributed by atoms with E-state index in [0.717, 1.165) is 0 Å². The van der Waals surface area contributed by atoms with Gasteiger partial charge in [-0.1, -0.05) is 0 Å². The van der Waals surface area contributed by atoms with E-state index in [1.54, 1.807) is 43.9 Å². The lowest BCUT2D eigenvalue weighted by atomic mass is 9.98. The van der Waals surface area contributed by atoms with Crippen molar-refractivity contribution in [3.8, 4) is 5.75 Å². The lowest BCUT2D eigenvalue weighted by molar-refractivity contribution is -0.151. The number of carbonyl (C=O) groups is 2. The Labute approximate surface area is 174 Å². The Morgan fingerprint density at radius 3 is 2.70 bits per heavy atom. The first-order chi connectivity index (χ1) is 14.2. The fourth-order valence-corrected chi connectivity index (χ4v) is 3.39. The fraction of sp³-hybridized carbons (Fsp3) is 0.500. The van der Waals surface area contributed by atoms with Crippen LogP contribution in [0.4, 0.5) is 4.79 Å². The van der Waals surface area contributed by atoms with Crippen LogP contribution in [-0.4, -0.2) is 42.8 Å². The van der Waals surface area contributed by atoms with Crippen molar-refractivity contribution in [2.24, 2.45) is 5.92 Å². The van der Waals surface area contributed by atoms with E-state index in [1.807, 2.05) is 0 Å². The fourth-order valence-electron chi connectivity index (χ4n) is 3.39. The minimum atomic E-state index is -0.595. The predicted octanol–water partition coefficient (Wildman–Crippen LogP) is 3.49. The average Bonchev–Trinajstić information content (AvgIpc) is 2.69. The van der Waals surface area contributed by atoms with Crippen LogP contribution in [0.25, 0.3) is 11.0 Å². The molecular formula is C22H27NO7. The summed E-state index contributed by atoms with van der Waals surface area (Å²) in [6.07, 6.45) is 0.893. The molecule has 8 heteroatoms. The number of benzene rings is 1. The second kappa shape index (κ2) is 8.77. The number of carbonyl (C=O) groups excluding carboxylic acids is 2. The van der Waals surface area contributed by atoms with Crippen LogP contribution in [-0.2, 0) is 20.9 Å². The number of likely N-dealkylation sites (tertiary alicyclic amines) is 1. The predicted molar refractivity (Wildman–Crippen MR) is 109 cm³/mol. The third-order valence-corrected chi connectivity index (χ3v) is 4.81. The van der Waals surface area contributed by atoms with Crippen LogP contribution < -0.4 is 10.4 Å². The smallest absolute Gasteiger partial charge is 0.410 e. The van der Waals surface area contributed by atoms with Gasteiger partial charge in [0.1, 0.15) is 23.5 Å². The Kier molecular flexibility index (Phi) is 6.34. The van der Waals surface area contributed by atoms with Crippen LogP contribution in [0.3, 0.4) is 0 Å². The first-order valence-corrected chi connectivity index (χ1v) is 9.91. The molecule has 3 rings (SSSR count). The van der Waals surface area contributed by atoms with Gasteiger partial charge in [-0.3, -0.25) is 4.79 Å². The molecule has 0 saturated carbocycles. The van der Waals surface area contributed by atoms with Gasteiger partial charge in [-0.15, -0.1) is 0 Å². The van der Waals surface area contributed by atoms with Gasteiger partial charge in [-0.05, 0) is 45.7 Å². The molecule has 8 nitrogen and oxygen atoms in total. The Hall–Kier alpha value is -3.03. The van der Waals surface area contributed by atoms with Gasteiger partial charge < -0.3 is 23.5 Å². The molecule has 0 aliphatic carbocycles. The third-order valence-electron chi connectivity index (χ3n) is 4.81. The van der Waals surface area contributed by atoms with E-state index < -0.39 is 29.2 Å². The molecule has 0 spiro atoms. The van der Waals surface area contributed by atoms with Crippen molar-refractivity contribution in [2.45, 2.75) is 45.8 Å². The largest absolute Gasteiger partial charge is 0.497 e. The summed E-state index contributed by atoms with van der Waals surface area (Å²) in [5.74, 6) is -0.278. The number of hydrogen-bond acceptors (Lipinski definition) is 7. The number of ether oxygens (including phenoxy) is 3. The summed E-state index contributed by atoms with van der Waals surface area (Å²) >= 11 is 0. The molecular weight excluding hydrogens is 390 g/mol. The average molecular weight is 417 g/mol. The number of rotatable bonds is 4. The Morgan fingerprint density at radius 1 is 1.23 bits per heavy atom. The van der Waals surface area contributed by atoms with E-state index in [4.69, 9.17) is 18.6 Å². The van der Waals surface area contributed by atoms with Crippen LogP contribution in [0.15, 0.2) is 33.5 Å². The van der Waals surface area contributed by atoms with Gasteiger partial charge >= 0.3 is 17.7 Å². The van der Waals surface area contributed by atoms with Crippen molar-refractivity contribution in [3.05, 3.63) is 40.2 Å². The zero-order valence-electron chi connectivity index (χ0n) is 17.7. The molecule has 0 radical (unpaired) electrons. The molecule has 1 saturated heterocycles. The SMILES string of the molecule is COc1ccc2c(COC(=O)[C@H]3CCCN(C(=O)OC(C)(C)C)C3)cc(=O)oc2c1. The number of amides is 1. The van der Waals surface area contributed by atoms with E-state index in [1.165, 1.54) is 13.2 Å². The minimum Gasteiger partial charge on any atom is -0.497 e. The highest BCUT2D eigenvalue weighted by atomic mass is 16.6. The molecule has 1 aromatic carbocycles. The number of esters is 1. The van der Waals surface area contributed by atoms with E-state index in [0.29, 0.717) is 41.7 Å². The monoisotopic (exact) mass is 417 g/mol. The summed E-state index contributed by atoms with van der Waals surface area (Å²) in [5, 5.41) is 0.669. The Balaban J connectivity index is 1.67. The van der Waals surface area contributed by atoms with Crippen LogP contribution in [0, 0.1) is 5.92 Å². The van der Waals surface area contributed by atoms with E-state index >= 15 is 0 Å². The number of piperidine rings is 1. The van der Waals surface area contributed by atoms with Gasteiger partial charge in [-0.25, -0.2) is 9.59 Å². The zero-order valence-corrected chi connectivity index (χ0v) is 17.7. The van der Waals surface area contributed by atoms with Crippen molar-refractivity contribution < 1.29 is 28.2 Å². The van der Waals surface area contributed by atoms with Gasteiger partial charge in [0.05, 0.1) is 13.0 Å². The zero-order chi connectivity index (χ0) is 21.9. The molecule has 2 heterocycles. The summed E-state index contributed by atoms with van der Waals surface area (Å²) in [6.45, 7) is 6.15. The van der Waals surface area contributed by atoms with Crippen molar-refractivity contribution in [2.75, 3.05) is 20.2 Å². The normalized spacial score (nSPS) is 16.9. The quantitative estimate of drug-likeness (QED) is 0.555. The maximum atomic E-state index is 12.6. The molecule has 2 aromatic rings. The topological polar surface area (TPSA) is 95.3 Å². The molecule has 1 amide bonds. The molecule has 0 bridgehead atoms. The number of nitrogens with zero attached hydrogens (tertiary/aromatic N) is 1. The summed E-state index contributed by atoms with van der Waals surface area (Å²) in [5.41, 5.74) is -0.211. The standard InChI is InChI=1S/C22H27NO7/c1-22(2,3)30-21(26)23-9-5-6-14(12-23)20(25)28-13-15-10-19(24)29-18-11-16(27-4)7-8-17(15)18/h7-8,10-11,14H,5-6,9,12-13H2,1-4H3/t14-/m0/s1. The molecule has 30 heavy (non-hydrogen) atoms. The van der Waals surface area contributed by atoms with Gasteiger partial charge in [0.15, 0.2) is 0 Å². The van der Waals surface area contributed by atoms with E-state index in [2.05, 4.69) is 0 Å². The molecule has 1 aliphatic rings. The second-order valence-electron chi connectivity index (χ2n) is 8.33. The lowest BCUT2D eigenvalue weighted by Gasteiger charge is -2.33. The highest BCUT2D eigenvalue weighted by molar-refractivity contribution is 5.82. The third kappa shape index (κ3) is 5.31. The van der Waals surface area contributed by atoms with Gasteiger partial charge in [0.25, 0.3) is 0 Å². The molecule has 0 unspecified atom stereocenters. The van der Waals surface area contributed by atoms with Crippen molar-refractivity contribution in [1.82, 2.24) is 4.90 Å². The van der Waals surface area contributed by atoms with Crippen LogP contribution in [0.2, 0.25) is 0 Å². The molecule has 1 atom stereocenters. The summed E-state index contributed by atoms with van der Waals surface area (Å²) in [4.78, 5) is 38.3. The van der Waals surface area contributed by atoms with Crippen LogP contribution >= 0.6 is 0 Å². The van der Waals surface area contributed by atoms with E-state index in [-0.39, 0.29) is 13.2 Å². The molecule has 0 N–H and O–H groups in total. The lowest BCUT2D eigenvalue weighted by Crippen LogP contribution is -2.45. The number of fused-ring (bicyclic) bond motifs is 1. The summed E-state index contributed by atoms with van der Waals surface area (Å²) in [6, 6.07) is 6.43. The van der Waals surface area contributed by atoms with E-state index in [9.17, 15) is 14.4 Å². The summed E-state index contributed by atoms with van der Waals surface area (Å²) < 4.78 is 21.2. The second-order valence-corrected chi connectivity index (χ2v) is 8.33. The number of hydrogen-bond donors (Lipinski definition) is 0. The molecule has 1 fully saturated rings. The van der Waals surface area contributed by atoms with Crippen LogP contribution in [0.1, 0.15) is 39.2 Å². The molecule has 1 aliphatic heterocycles. The molecule has 162 valence electrons.